The number of benzene rings is 2. The van der Waals surface area contributed by atoms with Crippen LogP contribution in [0.15, 0.2) is 48.5 Å². The number of quaternary nitrogens is 1. The normalized spacial score (nSPS) is 12.5. The van der Waals surface area contributed by atoms with Crippen molar-refractivity contribution in [3.05, 3.63) is 59.7 Å². The molecule has 2 aromatic rings. The summed E-state index contributed by atoms with van der Waals surface area (Å²) in [5.74, 6) is 2.56. The minimum absolute atomic E-state index is 0.154. The van der Waals surface area contributed by atoms with Gasteiger partial charge in [-0.2, -0.15) is 0 Å². The standard InChI is InChI=1S/C33H53ClNO3/c1-32(2,3)27-33(4,5)29-14-18-31(19-15-29)38-25-11-23-36-22-10-21-35(6,7)26-28-12-16-30(17-13-28)37-24-9-8-20-34/h12-19H,8-11,20-27H2,1-7H3/q+1. The molecule has 0 aliphatic rings. The molecule has 0 atom stereocenters. The van der Waals surface area contributed by atoms with E-state index >= 15 is 0 Å². The van der Waals surface area contributed by atoms with Crippen molar-refractivity contribution in [1.29, 1.82) is 0 Å². The number of nitrogens with zero attached hydrogens (tertiary/aromatic N) is 1. The van der Waals surface area contributed by atoms with E-state index in [1.165, 1.54) is 11.1 Å². The van der Waals surface area contributed by atoms with Gasteiger partial charge in [-0.15, -0.1) is 11.6 Å². The zero-order valence-corrected chi connectivity index (χ0v) is 25.9. The molecule has 38 heavy (non-hydrogen) atoms. The van der Waals surface area contributed by atoms with Gasteiger partial charge >= 0.3 is 0 Å². The third-order valence-corrected chi connectivity index (χ3v) is 6.96. The van der Waals surface area contributed by atoms with E-state index in [9.17, 15) is 0 Å². The second-order valence-corrected chi connectivity index (χ2v) is 13.4. The molecule has 0 unspecified atom stereocenters. The predicted octanol–water partition coefficient (Wildman–Crippen LogP) is 8.25. The molecule has 0 saturated carbocycles. The van der Waals surface area contributed by atoms with Crippen molar-refractivity contribution in [2.24, 2.45) is 5.41 Å². The first kappa shape index (κ1) is 32.5. The number of unbranched alkanes of at least 4 members (excludes halogenated alkanes) is 1. The monoisotopic (exact) mass is 546 g/mol. The van der Waals surface area contributed by atoms with Gasteiger partial charge in [0, 0.05) is 30.9 Å². The first-order valence-electron chi connectivity index (χ1n) is 14.3. The zero-order valence-electron chi connectivity index (χ0n) is 25.2. The van der Waals surface area contributed by atoms with Gasteiger partial charge in [-0.1, -0.05) is 46.8 Å². The Bertz CT molecular complexity index is 901. The van der Waals surface area contributed by atoms with Gasteiger partial charge in [-0.25, -0.2) is 0 Å². The molecule has 4 nitrogen and oxygen atoms in total. The summed E-state index contributed by atoms with van der Waals surface area (Å²) < 4.78 is 18.5. The van der Waals surface area contributed by atoms with Crippen molar-refractivity contribution in [2.45, 2.75) is 78.7 Å². The van der Waals surface area contributed by atoms with Crippen LogP contribution in [0.3, 0.4) is 0 Å². The van der Waals surface area contributed by atoms with Crippen molar-refractivity contribution in [3.63, 3.8) is 0 Å². The molecular weight excluding hydrogens is 494 g/mol. The van der Waals surface area contributed by atoms with Gasteiger partial charge in [0.15, 0.2) is 0 Å². The van der Waals surface area contributed by atoms with E-state index in [2.05, 4.69) is 97.2 Å². The summed E-state index contributed by atoms with van der Waals surface area (Å²) in [6.07, 6.45) is 5.08. The van der Waals surface area contributed by atoms with Crippen LogP contribution in [0.25, 0.3) is 0 Å². The Balaban J connectivity index is 1.58. The molecule has 214 valence electrons. The summed E-state index contributed by atoms with van der Waals surface area (Å²) >= 11 is 5.72. The van der Waals surface area contributed by atoms with Crippen molar-refractivity contribution >= 4 is 11.6 Å². The Morgan fingerprint density at radius 1 is 0.684 bits per heavy atom. The van der Waals surface area contributed by atoms with Crippen molar-refractivity contribution < 1.29 is 18.7 Å². The van der Waals surface area contributed by atoms with Crippen molar-refractivity contribution in [1.82, 2.24) is 0 Å². The van der Waals surface area contributed by atoms with Gasteiger partial charge < -0.3 is 18.7 Å². The first-order chi connectivity index (χ1) is 17.9. The molecular formula is C33H53ClNO3+. The molecule has 0 aliphatic heterocycles. The molecule has 0 spiro atoms. The topological polar surface area (TPSA) is 27.7 Å². The Labute approximate surface area is 238 Å². The van der Waals surface area contributed by atoms with Crippen LogP contribution in [-0.2, 0) is 16.7 Å². The van der Waals surface area contributed by atoms with E-state index in [1.54, 1.807) is 0 Å². The fourth-order valence-corrected chi connectivity index (χ4v) is 5.32. The van der Waals surface area contributed by atoms with Crippen LogP contribution in [0.2, 0.25) is 0 Å². The lowest BCUT2D eigenvalue weighted by Crippen LogP contribution is -2.40. The smallest absolute Gasteiger partial charge is 0.119 e. The highest BCUT2D eigenvalue weighted by Crippen LogP contribution is 2.36. The SMILES string of the molecule is CC(C)(C)CC(C)(C)c1ccc(OCCCOCCC[N+](C)(C)Cc2ccc(OCCCCCl)cc2)cc1. The number of hydrogen-bond acceptors (Lipinski definition) is 3. The number of alkyl halides is 1. The van der Waals surface area contributed by atoms with E-state index in [0.29, 0.717) is 17.9 Å². The van der Waals surface area contributed by atoms with Crippen LogP contribution in [-0.4, -0.2) is 57.4 Å². The lowest BCUT2D eigenvalue weighted by Gasteiger charge is -2.33. The summed E-state index contributed by atoms with van der Waals surface area (Å²) in [4.78, 5) is 0. The Kier molecular flexibility index (Phi) is 13.4. The maximum Gasteiger partial charge on any atom is 0.119 e. The molecule has 0 heterocycles. The molecule has 0 radical (unpaired) electrons. The third-order valence-electron chi connectivity index (χ3n) is 6.69. The van der Waals surface area contributed by atoms with E-state index in [0.717, 1.165) is 81.0 Å². The average molecular weight is 547 g/mol. The predicted molar refractivity (Wildman–Crippen MR) is 162 cm³/mol. The second kappa shape index (κ2) is 15.7. The Morgan fingerprint density at radius 3 is 1.82 bits per heavy atom. The molecule has 0 saturated heterocycles. The number of halogens is 1. The number of ether oxygens (including phenoxy) is 3. The summed E-state index contributed by atoms with van der Waals surface area (Å²) in [5.41, 5.74) is 3.15. The van der Waals surface area contributed by atoms with Gasteiger partial charge in [0.25, 0.3) is 0 Å². The van der Waals surface area contributed by atoms with Gasteiger partial charge in [-0.05, 0) is 72.1 Å². The maximum atomic E-state index is 5.95. The first-order valence-corrected chi connectivity index (χ1v) is 14.8. The third kappa shape index (κ3) is 13.4. The van der Waals surface area contributed by atoms with Gasteiger partial charge in [0.05, 0.1) is 40.5 Å². The van der Waals surface area contributed by atoms with E-state index in [-0.39, 0.29) is 5.41 Å². The minimum Gasteiger partial charge on any atom is -0.494 e. The summed E-state index contributed by atoms with van der Waals surface area (Å²) in [5, 5.41) is 0. The molecule has 5 heteroatoms. The molecule has 0 bridgehead atoms. The fraction of sp³-hybridized carbons (Fsp3) is 0.636. The van der Waals surface area contributed by atoms with Crippen LogP contribution in [0.5, 0.6) is 11.5 Å². The molecule has 0 N–H and O–H groups in total. The molecule has 0 aliphatic carbocycles. The molecule has 2 aromatic carbocycles. The molecule has 0 fully saturated rings. The zero-order chi connectivity index (χ0) is 28.1. The van der Waals surface area contributed by atoms with Crippen LogP contribution in [0.1, 0.15) is 77.8 Å². The summed E-state index contributed by atoms with van der Waals surface area (Å²) in [6, 6.07) is 17.1. The second-order valence-electron chi connectivity index (χ2n) is 13.0. The minimum atomic E-state index is 0.154. The Morgan fingerprint density at radius 2 is 1.24 bits per heavy atom. The van der Waals surface area contributed by atoms with Crippen LogP contribution < -0.4 is 9.47 Å². The number of hydrogen-bond donors (Lipinski definition) is 0. The van der Waals surface area contributed by atoms with Crippen molar-refractivity contribution in [3.8, 4) is 11.5 Å². The van der Waals surface area contributed by atoms with Gasteiger partial charge in [0.2, 0.25) is 0 Å². The van der Waals surface area contributed by atoms with E-state index in [4.69, 9.17) is 25.8 Å². The summed E-state index contributed by atoms with van der Waals surface area (Å²) in [6.45, 7) is 16.5. The van der Waals surface area contributed by atoms with E-state index < -0.39 is 0 Å². The van der Waals surface area contributed by atoms with Gasteiger partial charge in [-0.3, -0.25) is 0 Å². The van der Waals surface area contributed by atoms with Crippen LogP contribution >= 0.6 is 11.6 Å². The molecule has 2 rings (SSSR count). The molecule has 0 amide bonds. The quantitative estimate of drug-likeness (QED) is 0.107. The highest BCUT2D eigenvalue weighted by atomic mass is 35.5. The molecule has 0 aromatic heterocycles. The van der Waals surface area contributed by atoms with Gasteiger partial charge in [0.1, 0.15) is 18.0 Å². The Hall–Kier alpha value is -1.75. The average Bonchev–Trinajstić information content (AvgIpc) is 2.83. The lowest BCUT2D eigenvalue weighted by molar-refractivity contribution is -0.903. The largest absolute Gasteiger partial charge is 0.494 e. The van der Waals surface area contributed by atoms with Crippen LogP contribution in [0, 0.1) is 5.41 Å². The van der Waals surface area contributed by atoms with Crippen molar-refractivity contribution in [2.75, 3.05) is 52.9 Å². The fourth-order valence-electron chi connectivity index (χ4n) is 5.13. The highest BCUT2D eigenvalue weighted by Gasteiger charge is 2.27. The maximum absolute atomic E-state index is 5.95. The highest BCUT2D eigenvalue weighted by molar-refractivity contribution is 6.17. The summed E-state index contributed by atoms with van der Waals surface area (Å²) in [7, 11) is 4.56. The number of rotatable bonds is 18. The lowest BCUT2D eigenvalue weighted by atomic mass is 9.72. The van der Waals surface area contributed by atoms with Crippen LogP contribution in [0.4, 0.5) is 0 Å². The van der Waals surface area contributed by atoms with E-state index in [1.807, 2.05) is 0 Å².